The Bertz CT molecular complexity index is 591. The molecule has 0 radical (unpaired) electrons. The summed E-state index contributed by atoms with van der Waals surface area (Å²) in [7, 11) is 0. The molecule has 5 nitrogen and oxygen atoms in total. The quantitative estimate of drug-likeness (QED) is 0.732. The Morgan fingerprint density at radius 3 is 2.38 bits per heavy atom. The first kappa shape index (κ1) is 14.1. The Morgan fingerprint density at radius 2 is 1.71 bits per heavy atom. The Labute approximate surface area is 123 Å². The smallest absolute Gasteiger partial charge is 0.233 e. The molecule has 1 unspecified atom stereocenters. The minimum atomic E-state index is -0.554. The fourth-order valence-corrected chi connectivity index (χ4v) is 3.34. The highest BCUT2D eigenvalue weighted by Crippen LogP contribution is 2.47. The minimum absolute atomic E-state index is 0.105. The summed E-state index contributed by atoms with van der Waals surface area (Å²) in [4.78, 5) is 23.1. The van der Waals surface area contributed by atoms with Crippen LogP contribution in [-0.4, -0.2) is 16.9 Å². The van der Waals surface area contributed by atoms with Crippen molar-refractivity contribution in [3.63, 3.8) is 0 Å². The molecule has 3 rings (SSSR count). The Hall–Kier alpha value is -1.88. The van der Waals surface area contributed by atoms with Crippen LogP contribution in [0.15, 0.2) is 18.2 Å². The van der Waals surface area contributed by atoms with Gasteiger partial charge in [-0.25, -0.2) is 0 Å². The fourth-order valence-electron chi connectivity index (χ4n) is 3.34. The molecule has 1 aliphatic heterocycles. The number of amides is 2. The lowest BCUT2D eigenvalue weighted by Gasteiger charge is -2.30. The van der Waals surface area contributed by atoms with Crippen molar-refractivity contribution in [1.82, 2.24) is 0 Å². The van der Waals surface area contributed by atoms with Gasteiger partial charge in [-0.1, -0.05) is 25.8 Å². The summed E-state index contributed by atoms with van der Waals surface area (Å²) in [6, 6.07) is 5.34. The molecule has 0 spiro atoms. The molecule has 1 aromatic carbocycles. The first-order chi connectivity index (χ1) is 9.98. The summed E-state index contributed by atoms with van der Waals surface area (Å²) < 4.78 is 0. The first-order valence-corrected chi connectivity index (χ1v) is 7.40. The third-order valence-corrected chi connectivity index (χ3v) is 4.63. The van der Waals surface area contributed by atoms with Gasteiger partial charge in [0.2, 0.25) is 11.8 Å². The van der Waals surface area contributed by atoms with Crippen LogP contribution in [-0.2, 0) is 9.59 Å². The topological polar surface area (TPSA) is 78.4 Å². The number of aliphatic hydroxyl groups excluding tert-OH is 1. The second-order valence-corrected chi connectivity index (χ2v) is 6.34. The molecule has 2 amide bonds. The van der Waals surface area contributed by atoms with Gasteiger partial charge in [0.25, 0.3) is 0 Å². The third kappa shape index (κ3) is 2.65. The van der Waals surface area contributed by atoms with Crippen LogP contribution >= 0.6 is 0 Å². The molecule has 0 bridgehead atoms. The highest BCUT2D eigenvalue weighted by atomic mass is 16.3. The van der Waals surface area contributed by atoms with Crippen molar-refractivity contribution < 1.29 is 14.7 Å². The van der Waals surface area contributed by atoms with Crippen LogP contribution in [0.5, 0.6) is 0 Å². The van der Waals surface area contributed by atoms with Crippen molar-refractivity contribution in [3.8, 4) is 0 Å². The van der Waals surface area contributed by atoms with Gasteiger partial charge in [-0.2, -0.15) is 0 Å². The zero-order chi connectivity index (χ0) is 15.0. The highest BCUT2D eigenvalue weighted by molar-refractivity contribution is 6.13. The molecule has 2 aliphatic rings. The Balaban J connectivity index is 1.92. The van der Waals surface area contributed by atoms with Gasteiger partial charge in [0.05, 0.1) is 17.5 Å². The van der Waals surface area contributed by atoms with Gasteiger partial charge in [0.15, 0.2) is 0 Å². The van der Waals surface area contributed by atoms with Crippen LogP contribution in [0.1, 0.15) is 50.7 Å². The SMILES string of the molecule is CC1(C(O)c2ccc3c(c2)NC(=O)CC(=O)N3)CCCC1. The maximum absolute atomic E-state index is 11.6. The van der Waals surface area contributed by atoms with Crippen LogP contribution in [0.2, 0.25) is 0 Å². The van der Waals surface area contributed by atoms with E-state index in [9.17, 15) is 14.7 Å². The van der Waals surface area contributed by atoms with Crippen LogP contribution in [0.3, 0.4) is 0 Å². The Morgan fingerprint density at radius 1 is 1.10 bits per heavy atom. The number of anilines is 2. The van der Waals surface area contributed by atoms with Crippen LogP contribution in [0.4, 0.5) is 11.4 Å². The molecule has 1 fully saturated rings. The molecule has 3 N–H and O–H groups in total. The number of rotatable bonds is 2. The fraction of sp³-hybridized carbons (Fsp3) is 0.500. The van der Waals surface area contributed by atoms with E-state index < -0.39 is 6.10 Å². The van der Waals surface area contributed by atoms with Crippen LogP contribution in [0.25, 0.3) is 0 Å². The summed E-state index contributed by atoms with van der Waals surface area (Å²) >= 11 is 0. The average molecular weight is 288 g/mol. The molecular formula is C16H20N2O3. The predicted octanol–water partition coefficient (Wildman–Crippen LogP) is 2.58. The number of fused-ring (bicyclic) bond motifs is 1. The molecule has 0 saturated heterocycles. The van der Waals surface area contributed by atoms with E-state index in [1.807, 2.05) is 6.07 Å². The van der Waals surface area contributed by atoms with Gasteiger partial charge in [-0.15, -0.1) is 0 Å². The minimum Gasteiger partial charge on any atom is -0.388 e. The van der Waals surface area contributed by atoms with Crippen molar-refractivity contribution in [2.24, 2.45) is 5.41 Å². The zero-order valence-corrected chi connectivity index (χ0v) is 12.1. The molecule has 21 heavy (non-hydrogen) atoms. The van der Waals surface area contributed by atoms with Crippen molar-refractivity contribution >= 4 is 23.2 Å². The number of hydrogen-bond donors (Lipinski definition) is 3. The van der Waals surface area contributed by atoms with Gasteiger partial charge in [0.1, 0.15) is 6.42 Å². The second kappa shape index (κ2) is 5.15. The van der Waals surface area contributed by atoms with E-state index in [4.69, 9.17) is 0 Å². The largest absolute Gasteiger partial charge is 0.388 e. The maximum atomic E-state index is 11.6. The second-order valence-electron chi connectivity index (χ2n) is 6.34. The third-order valence-electron chi connectivity index (χ3n) is 4.63. The summed E-state index contributed by atoms with van der Waals surface area (Å²) in [5.41, 5.74) is 1.82. The first-order valence-electron chi connectivity index (χ1n) is 7.40. The van der Waals surface area contributed by atoms with Crippen LogP contribution in [0, 0.1) is 5.41 Å². The van der Waals surface area contributed by atoms with E-state index in [-0.39, 0.29) is 23.7 Å². The number of aliphatic hydroxyl groups is 1. The van der Waals surface area contributed by atoms with E-state index in [0.29, 0.717) is 11.4 Å². The van der Waals surface area contributed by atoms with Crippen molar-refractivity contribution in [2.45, 2.75) is 45.1 Å². The van der Waals surface area contributed by atoms with E-state index in [1.54, 1.807) is 12.1 Å². The average Bonchev–Trinajstić information content (AvgIpc) is 2.81. The summed E-state index contributed by atoms with van der Waals surface area (Å²) in [5.74, 6) is -0.646. The lowest BCUT2D eigenvalue weighted by Crippen LogP contribution is -2.22. The normalized spacial score (nSPS) is 22.0. The van der Waals surface area contributed by atoms with Crippen LogP contribution < -0.4 is 10.6 Å². The number of hydrogen-bond acceptors (Lipinski definition) is 3. The van der Waals surface area contributed by atoms with Crippen molar-refractivity contribution in [2.75, 3.05) is 10.6 Å². The molecule has 112 valence electrons. The predicted molar refractivity (Wildman–Crippen MR) is 79.9 cm³/mol. The summed E-state index contributed by atoms with van der Waals surface area (Å²) in [6.07, 6.45) is 3.57. The van der Waals surface area contributed by atoms with Crippen molar-refractivity contribution in [1.29, 1.82) is 0 Å². The molecule has 1 saturated carbocycles. The molecule has 0 aromatic heterocycles. The number of carbonyl (C=O) groups is 2. The molecule has 1 heterocycles. The van der Waals surface area contributed by atoms with Gasteiger partial charge in [0, 0.05) is 0 Å². The van der Waals surface area contributed by atoms with Gasteiger partial charge >= 0.3 is 0 Å². The Kier molecular flexibility index (Phi) is 3.45. The molecule has 5 heteroatoms. The van der Waals surface area contributed by atoms with Gasteiger partial charge in [-0.05, 0) is 36.0 Å². The van der Waals surface area contributed by atoms with E-state index in [0.717, 1.165) is 31.2 Å². The van der Waals surface area contributed by atoms with E-state index in [2.05, 4.69) is 17.6 Å². The lowest BCUT2D eigenvalue weighted by molar-refractivity contribution is -0.123. The highest BCUT2D eigenvalue weighted by Gasteiger charge is 2.37. The molecule has 1 aliphatic carbocycles. The molecule has 1 aromatic rings. The number of carbonyl (C=O) groups excluding carboxylic acids is 2. The standard InChI is InChI=1S/C16H20N2O3/c1-16(6-2-3-7-16)15(21)10-4-5-11-12(8-10)18-14(20)9-13(19)17-11/h4-5,8,15,21H,2-3,6-7,9H2,1H3,(H,17,19)(H,18,20). The number of nitrogens with one attached hydrogen (secondary N) is 2. The van der Waals surface area contributed by atoms with Gasteiger partial charge < -0.3 is 15.7 Å². The van der Waals surface area contributed by atoms with Gasteiger partial charge in [-0.3, -0.25) is 9.59 Å². The summed E-state index contributed by atoms with van der Waals surface area (Å²) in [5, 5.41) is 16.1. The van der Waals surface area contributed by atoms with E-state index >= 15 is 0 Å². The van der Waals surface area contributed by atoms with E-state index in [1.165, 1.54) is 0 Å². The zero-order valence-electron chi connectivity index (χ0n) is 12.1. The monoisotopic (exact) mass is 288 g/mol. The molecule has 1 atom stereocenters. The molecular weight excluding hydrogens is 268 g/mol. The maximum Gasteiger partial charge on any atom is 0.233 e. The number of benzene rings is 1. The summed E-state index contributed by atoms with van der Waals surface area (Å²) in [6.45, 7) is 2.11. The van der Waals surface area contributed by atoms with Crippen molar-refractivity contribution in [3.05, 3.63) is 23.8 Å². The lowest BCUT2D eigenvalue weighted by atomic mass is 9.79.